The molecule has 0 radical (unpaired) electrons. The molecule has 68 heavy (non-hydrogen) atoms. The summed E-state index contributed by atoms with van der Waals surface area (Å²) in [5.74, 6) is 0. The number of benzene rings is 8. The zero-order valence-electron chi connectivity index (χ0n) is 40.1. The van der Waals surface area contributed by atoms with Gasteiger partial charge in [-0.25, -0.2) is 0 Å². The number of rotatable bonds is 4. The Balaban J connectivity index is 1.13. The van der Waals surface area contributed by atoms with E-state index in [1.807, 2.05) is 0 Å². The van der Waals surface area contributed by atoms with Gasteiger partial charge >= 0.3 is 0 Å². The number of para-hydroxylation sites is 3. The van der Waals surface area contributed by atoms with Gasteiger partial charge in [-0.1, -0.05) is 185 Å². The highest BCUT2D eigenvalue weighted by Crippen LogP contribution is 2.69. The van der Waals surface area contributed by atoms with Gasteiger partial charge in [0, 0.05) is 45.2 Å². The van der Waals surface area contributed by atoms with Crippen LogP contribution < -0.4 is 31.1 Å². The summed E-state index contributed by atoms with van der Waals surface area (Å²) in [6.07, 6.45) is 6.71. The van der Waals surface area contributed by atoms with E-state index in [-0.39, 0.29) is 28.5 Å². The Morgan fingerprint density at radius 1 is 0.471 bits per heavy atom. The number of hydrogen-bond acceptors (Lipinski definition) is 3. The fraction of sp³-hybridized carbons (Fsp3) is 0.250. The maximum absolute atomic E-state index is 2.92. The average molecular weight is 880 g/mol. The van der Waals surface area contributed by atoms with Crippen molar-refractivity contribution in [3.8, 4) is 0 Å². The van der Waals surface area contributed by atoms with Crippen molar-refractivity contribution in [2.45, 2.75) is 100 Å². The second kappa shape index (κ2) is 13.9. The minimum atomic E-state index is -0.474. The van der Waals surface area contributed by atoms with Gasteiger partial charge in [0.2, 0.25) is 0 Å². The first kappa shape index (κ1) is 40.3. The molecule has 4 heterocycles. The third kappa shape index (κ3) is 4.86. The Kier molecular flexibility index (Phi) is 8.25. The average Bonchev–Trinajstić information content (AvgIpc) is 3.77. The van der Waals surface area contributed by atoms with Crippen molar-refractivity contribution in [2.24, 2.45) is 0 Å². The Morgan fingerprint density at radius 2 is 1.10 bits per heavy atom. The number of nitrogens with zero attached hydrogens (tertiary/aromatic N) is 3. The fourth-order valence-electron chi connectivity index (χ4n) is 15.4. The molecule has 3 nitrogen and oxygen atoms in total. The highest BCUT2D eigenvalue weighted by Gasteiger charge is 2.66. The summed E-state index contributed by atoms with van der Waals surface area (Å²) in [5, 5.41) is 0. The van der Waals surface area contributed by atoms with E-state index in [9.17, 15) is 0 Å². The van der Waals surface area contributed by atoms with Crippen LogP contribution in [0, 0.1) is 0 Å². The van der Waals surface area contributed by atoms with Gasteiger partial charge < -0.3 is 14.7 Å². The van der Waals surface area contributed by atoms with Crippen LogP contribution in [0.2, 0.25) is 0 Å². The summed E-state index contributed by atoms with van der Waals surface area (Å²) in [7, 11) is 0. The molecular formula is C64H58BN3. The van der Waals surface area contributed by atoms with Crippen molar-refractivity contribution in [3.05, 3.63) is 227 Å². The maximum Gasteiger partial charge on any atom is 0.252 e. The van der Waals surface area contributed by atoms with Crippen LogP contribution in [0.5, 0.6) is 0 Å². The highest BCUT2D eigenvalue weighted by atomic mass is 15.3. The molecule has 1 fully saturated rings. The van der Waals surface area contributed by atoms with Gasteiger partial charge in [0.15, 0.2) is 0 Å². The largest absolute Gasteiger partial charge is 0.335 e. The number of aryl methyl sites for hydroxylation is 1. The van der Waals surface area contributed by atoms with Crippen LogP contribution in [-0.4, -0.2) is 12.3 Å². The number of fused-ring (bicyclic) bond motifs is 12. The molecule has 8 aromatic rings. The van der Waals surface area contributed by atoms with E-state index in [2.05, 4.69) is 237 Å². The van der Waals surface area contributed by atoms with Gasteiger partial charge in [0.25, 0.3) is 6.71 Å². The maximum atomic E-state index is 2.92. The Labute approximate surface area is 403 Å². The molecule has 0 saturated heterocycles. The topological polar surface area (TPSA) is 9.72 Å². The third-order valence-electron chi connectivity index (χ3n) is 18.3. The second-order valence-corrected chi connectivity index (χ2v) is 22.2. The number of anilines is 7. The third-order valence-corrected chi connectivity index (χ3v) is 18.3. The van der Waals surface area contributed by atoms with E-state index in [1.54, 1.807) is 0 Å². The lowest BCUT2D eigenvalue weighted by Gasteiger charge is -2.55. The standard InChI is InChI=1S/C64H58BN3/c1-60(2,3)46-34-35-54-51(40-46)64(45-25-11-7-12-26-45)39-36-43-22-15-16-29-49(43)62(64,5)67(54)48-41-56-58-57(42-48)68-59-50(63(44-23-9-6-10-24-44)38-20-19-37-61(63,68)4)30-21-32-53(59)65(58)52-31-17-18-33-55(52)66(56)47-27-13-8-14-28-47/h6-18,21-35,40-42H,19-20,36-39H2,1-5H3. The zero-order valence-corrected chi connectivity index (χ0v) is 40.1. The van der Waals surface area contributed by atoms with Crippen molar-refractivity contribution >= 4 is 62.9 Å². The van der Waals surface area contributed by atoms with Crippen molar-refractivity contribution < 1.29 is 0 Å². The molecule has 6 aliphatic rings. The molecule has 2 aliphatic carbocycles. The van der Waals surface area contributed by atoms with E-state index >= 15 is 0 Å². The molecule has 0 spiro atoms. The first-order chi connectivity index (χ1) is 33.1. The van der Waals surface area contributed by atoms with Crippen LogP contribution in [0.4, 0.5) is 39.8 Å². The zero-order chi connectivity index (χ0) is 45.8. The summed E-state index contributed by atoms with van der Waals surface area (Å²) >= 11 is 0. The van der Waals surface area contributed by atoms with Crippen LogP contribution in [-0.2, 0) is 28.2 Å². The lowest BCUT2D eigenvalue weighted by molar-refractivity contribution is 0.215. The Hall–Kier alpha value is -6.78. The molecule has 0 N–H and O–H groups in total. The quantitative estimate of drug-likeness (QED) is 0.163. The molecule has 332 valence electrons. The fourth-order valence-corrected chi connectivity index (χ4v) is 15.4. The minimum absolute atomic E-state index is 0.0145. The van der Waals surface area contributed by atoms with Gasteiger partial charge in [-0.05, 0) is 137 Å². The van der Waals surface area contributed by atoms with E-state index in [0.29, 0.717) is 0 Å². The summed E-state index contributed by atoms with van der Waals surface area (Å²) in [5.41, 5.74) is 22.2. The molecule has 0 amide bonds. The van der Waals surface area contributed by atoms with E-state index in [0.717, 1.165) is 25.7 Å². The second-order valence-electron chi connectivity index (χ2n) is 22.2. The van der Waals surface area contributed by atoms with Crippen LogP contribution >= 0.6 is 0 Å². The van der Waals surface area contributed by atoms with E-state index in [1.165, 1.54) is 108 Å². The molecule has 4 unspecified atom stereocenters. The molecule has 0 bridgehead atoms. The molecule has 8 aromatic carbocycles. The molecule has 1 saturated carbocycles. The van der Waals surface area contributed by atoms with Gasteiger partial charge in [-0.3, -0.25) is 0 Å². The predicted octanol–water partition coefficient (Wildman–Crippen LogP) is 13.7. The summed E-state index contributed by atoms with van der Waals surface area (Å²) in [4.78, 5) is 8.36. The summed E-state index contributed by atoms with van der Waals surface area (Å²) in [6, 6.07) is 73.3. The van der Waals surface area contributed by atoms with Crippen molar-refractivity contribution in [1.29, 1.82) is 0 Å². The smallest absolute Gasteiger partial charge is 0.252 e. The first-order valence-electron chi connectivity index (χ1n) is 25.3. The van der Waals surface area contributed by atoms with Crippen LogP contribution in [0.1, 0.15) is 106 Å². The highest BCUT2D eigenvalue weighted by molar-refractivity contribution is 7.00. The van der Waals surface area contributed by atoms with Crippen LogP contribution in [0.3, 0.4) is 0 Å². The van der Waals surface area contributed by atoms with Crippen molar-refractivity contribution in [1.82, 2.24) is 0 Å². The van der Waals surface area contributed by atoms with E-state index in [4.69, 9.17) is 0 Å². The lowest BCUT2D eigenvalue weighted by Crippen LogP contribution is -2.65. The summed E-state index contributed by atoms with van der Waals surface area (Å²) < 4.78 is 0. The SMILES string of the molecule is CC(C)(C)c1ccc2c(c1)C1(c3ccccc3)CCc3ccccc3C1(C)N2c1cc2c3c(c1)N1c4c(cccc4C4(c5ccccc5)CCCCC14C)B3c1ccccc1N2c1ccccc1. The normalized spacial score (nSPS) is 24.6. The Bertz CT molecular complexity index is 3360. The minimum Gasteiger partial charge on any atom is -0.335 e. The molecule has 14 rings (SSSR count). The molecule has 0 aromatic heterocycles. The Morgan fingerprint density at radius 3 is 1.87 bits per heavy atom. The summed E-state index contributed by atoms with van der Waals surface area (Å²) in [6.45, 7) is 12.4. The van der Waals surface area contributed by atoms with Gasteiger partial charge in [0.05, 0.1) is 16.5 Å². The van der Waals surface area contributed by atoms with Crippen LogP contribution in [0.25, 0.3) is 0 Å². The van der Waals surface area contributed by atoms with Gasteiger partial charge in [-0.2, -0.15) is 0 Å². The lowest BCUT2D eigenvalue weighted by atomic mass is 9.33. The predicted molar refractivity (Wildman–Crippen MR) is 285 cm³/mol. The number of hydrogen-bond donors (Lipinski definition) is 0. The first-order valence-corrected chi connectivity index (χ1v) is 25.3. The monoisotopic (exact) mass is 879 g/mol. The van der Waals surface area contributed by atoms with Gasteiger partial charge in [0.1, 0.15) is 0 Å². The van der Waals surface area contributed by atoms with Crippen LogP contribution in [0.15, 0.2) is 188 Å². The molecule has 4 heteroatoms. The van der Waals surface area contributed by atoms with Crippen molar-refractivity contribution in [3.63, 3.8) is 0 Å². The molecule has 4 atom stereocenters. The van der Waals surface area contributed by atoms with Gasteiger partial charge in [-0.15, -0.1) is 0 Å². The molecule has 4 aliphatic heterocycles. The van der Waals surface area contributed by atoms with Crippen molar-refractivity contribution in [2.75, 3.05) is 14.7 Å². The van der Waals surface area contributed by atoms with E-state index < -0.39 is 5.54 Å². The molecular weight excluding hydrogens is 822 g/mol.